The van der Waals surface area contributed by atoms with Crippen molar-refractivity contribution in [3.8, 4) is 0 Å². The van der Waals surface area contributed by atoms with Gasteiger partial charge < -0.3 is 43.5 Å². The molecule has 0 aromatic heterocycles. The van der Waals surface area contributed by atoms with Crippen LogP contribution < -0.4 is 0 Å². The zero-order valence-corrected chi connectivity index (χ0v) is 38.3. The number of piperidine rings is 1. The lowest BCUT2D eigenvalue weighted by Crippen LogP contribution is -2.64. The Morgan fingerprint density at radius 1 is 0.902 bits per heavy atom. The molecule has 346 valence electrons. The molecule has 61 heavy (non-hydrogen) atoms. The summed E-state index contributed by atoms with van der Waals surface area (Å²) in [6.07, 6.45) is 5.80. The number of carbonyl (C=O) groups excluding carboxylic acids is 4. The zero-order valence-electron chi connectivity index (χ0n) is 38.3. The number of allylic oxidation sites excluding steroid dienone is 3. The van der Waals surface area contributed by atoms with Crippen LogP contribution in [0.5, 0.6) is 0 Å². The molecule has 4 aliphatic heterocycles. The molecule has 4 fully saturated rings. The molecule has 3 saturated heterocycles. The minimum Gasteiger partial charge on any atom is -0.456 e. The molecule has 4 heterocycles. The number of nitrogens with zero attached hydrogens (tertiary/aromatic N) is 2. The van der Waals surface area contributed by atoms with Crippen LogP contribution in [0, 0.1) is 29.6 Å². The van der Waals surface area contributed by atoms with Crippen molar-refractivity contribution < 1.29 is 57.8 Å². The highest BCUT2D eigenvalue weighted by Crippen LogP contribution is 2.39. The number of morpholine rings is 1. The van der Waals surface area contributed by atoms with Gasteiger partial charge in [-0.05, 0) is 95.5 Å². The molecule has 2 bridgehead atoms. The molecule has 0 radical (unpaired) electrons. The summed E-state index contributed by atoms with van der Waals surface area (Å²) in [7, 11) is 4.83. The van der Waals surface area contributed by atoms with Gasteiger partial charge in [0.05, 0.1) is 37.6 Å². The van der Waals surface area contributed by atoms with Crippen LogP contribution >= 0.6 is 0 Å². The molecule has 1 aliphatic carbocycles. The molecule has 0 aromatic rings. The zero-order chi connectivity index (χ0) is 44.6. The van der Waals surface area contributed by atoms with Crippen molar-refractivity contribution >= 4 is 23.4 Å². The van der Waals surface area contributed by atoms with Gasteiger partial charge in [0.15, 0.2) is 0 Å². The fourth-order valence-corrected chi connectivity index (χ4v) is 10.7. The number of carbonyl (C=O) groups is 4. The van der Waals surface area contributed by atoms with Crippen molar-refractivity contribution in [1.29, 1.82) is 0 Å². The number of ether oxygens (including phenoxy) is 6. The summed E-state index contributed by atoms with van der Waals surface area (Å²) in [6, 6.07) is -0.839. The molecule has 5 rings (SSSR count). The van der Waals surface area contributed by atoms with E-state index in [4.69, 9.17) is 28.4 Å². The highest BCUT2D eigenvalue weighted by molar-refractivity contribution is 6.39. The van der Waals surface area contributed by atoms with Crippen LogP contribution in [0.3, 0.4) is 0 Å². The second-order valence-electron chi connectivity index (χ2n) is 18.8. The average Bonchev–Trinajstić information content (AvgIpc) is 3.26. The van der Waals surface area contributed by atoms with Crippen molar-refractivity contribution in [1.82, 2.24) is 9.80 Å². The molecule has 1 saturated carbocycles. The monoisotopic (exact) mass is 861 g/mol. The first-order valence-electron chi connectivity index (χ1n) is 23.0. The van der Waals surface area contributed by atoms with Crippen molar-refractivity contribution in [2.75, 3.05) is 54.2 Å². The van der Waals surface area contributed by atoms with Gasteiger partial charge in [0.2, 0.25) is 5.79 Å². The number of ketones is 2. The lowest BCUT2D eigenvalue weighted by atomic mass is 9.80. The van der Waals surface area contributed by atoms with Crippen LogP contribution in [0.25, 0.3) is 0 Å². The first kappa shape index (κ1) is 49.5. The van der Waals surface area contributed by atoms with Gasteiger partial charge >= 0.3 is 5.97 Å². The Morgan fingerprint density at radius 2 is 1.57 bits per heavy atom. The van der Waals surface area contributed by atoms with E-state index in [1.165, 1.54) is 4.90 Å². The maximum Gasteiger partial charge on any atom is 0.329 e. The molecule has 5 aliphatic rings. The SMILES string of the molecule is CCC1C=C(C)CC(C)CC(OC)C2OC(O)(C(=O)C(=O)N3CCCCC3C(=O)OC(C(C)=CC3CCC(N4CCOCC4)C(OC)C3)C(C)C(O)CC1=O)C(C)CC2OC. The largest absolute Gasteiger partial charge is 0.456 e. The maximum absolute atomic E-state index is 14.5. The Hall–Kier alpha value is -2.56. The lowest BCUT2D eigenvalue weighted by molar-refractivity contribution is -0.302. The average molecular weight is 861 g/mol. The van der Waals surface area contributed by atoms with E-state index >= 15 is 0 Å². The first-order valence-corrected chi connectivity index (χ1v) is 23.0. The summed E-state index contributed by atoms with van der Waals surface area (Å²) >= 11 is 0. The van der Waals surface area contributed by atoms with E-state index in [0.29, 0.717) is 45.3 Å². The minimum absolute atomic E-state index is 0.00118. The number of Topliss-reactive ketones (excluding diaryl/α,β-unsaturated/α-hetero) is 2. The number of amides is 1. The van der Waals surface area contributed by atoms with Crippen LogP contribution in [-0.2, 0) is 47.6 Å². The molecule has 2 N–H and O–H groups in total. The molecule has 14 atom stereocenters. The van der Waals surface area contributed by atoms with E-state index in [0.717, 1.165) is 43.5 Å². The van der Waals surface area contributed by atoms with Crippen molar-refractivity contribution in [3.63, 3.8) is 0 Å². The van der Waals surface area contributed by atoms with E-state index in [9.17, 15) is 29.4 Å². The smallest absolute Gasteiger partial charge is 0.329 e. The number of hydrogen-bond acceptors (Lipinski definition) is 13. The van der Waals surface area contributed by atoms with Crippen molar-refractivity contribution in [2.24, 2.45) is 29.6 Å². The van der Waals surface area contributed by atoms with Gasteiger partial charge in [-0.25, -0.2) is 4.79 Å². The molecule has 0 aromatic carbocycles. The predicted molar refractivity (Wildman–Crippen MR) is 228 cm³/mol. The number of methoxy groups -OCH3 is 3. The normalized spacial score (nSPS) is 40.1. The van der Waals surface area contributed by atoms with Gasteiger partial charge in [-0.1, -0.05) is 45.4 Å². The van der Waals surface area contributed by atoms with Crippen LogP contribution in [0.2, 0.25) is 0 Å². The van der Waals surface area contributed by atoms with Crippen LogP contribution in [0.1, 0.15) is 112 Å². The quantitative estimate of drug-likeness (QED) is 0.203. The number of esters is 1. The summed E-state index contributed by atoms with van der Waals surface area (Å²) in [6.45, 7) is 14.6. The summed E-state index contributed by atoms with van der Waals surface area (Å²) in [5, 5.41) is 23.9. The van der Waals surface area contributed by atoms with Gasteiger partial charge in [-0.3, -0.25) is 19.3 Å². The maximum atomic E-state index is 14.5. The third-order valence-corrected chi connectivity index (χ3v) is 14.4. The number of hydrogen-bond donors (Lipinski definition) is 2. The topological polar surface area (TPSA) is 171 Å². The number of aliphatic hydroxyl groups excluding tert-OH is 1. The molecule has 14 nitrogen and oxygen atoms in total. The predicted octanol–water partition coefficient (Wildman–Crippen LogP) is 4.81. The Bertz CT molecular complexity index is 1560. The summed E-state index contributed by atoms with van der Waals surface area (Å²) in [4.78, 5) is 60.7. The third-order valence-electron chi connectivity index (χ3n) is 14.4. The molecular formula is C47H76N2O12. The van der Waals surface area contributed by atoms with Gasteiger partial charge in [0.1, 0.15) is 24.0 Å². The number of cyclic esters (lactones) is 1. The number of rotatable bonds is 7. The van der Waals surface area contributed by atoms with Crippen LogP contribution in [-0.4, -0.2) is 152 Å². The molecule has 14 unspecified atom stereocenters. The van der Waals surface area contributed by atoms with Gasteiger partial charge in [-0.15, -0.1) is 0 Å². The van der Waals surface area contributed by atoms with Gasteiger partial charge in [0.25, 0.3) is 11.7 Å². The van der Waals surface area contributed by atoms with Crippen molar-refractivity contribution in [3.05, 3.63) is 23.3 Å². The van der Waals surface area contributed by atoms with E-state index in [2.05, 4.69) is 17.9 Å². The van der Waals surface area contributed by atoms with E-state index in [-0.39, 0.29) is 55.6 Å². The van der Waals surface area contributed by atoms with E-state index < -0.39 is 77.8 Å². The summed E-state index contributed by atoms with van der Waals surface area (Å²) < 4.78 is 36.1. The third kappa shape index (κ3) is 11.8. The highest BCUT2D eigenvalue weighted by Gasteiger charge is 2.56. The number of aliphatic hydroxyl groups is 2. The van der Waals surface area contributed by atoms with E-state index in [1.807, 2.05) is 26.8 Å². The molecular weight excluding hydrogens is 785 g/mol. The van der Waals surface area contributed by atoms with Crippen LogP contribution in [0.4, 0.5) is 0 Å². The minimum atomic E-state index is -2.49. The van der Waals surface area contributed by atoms with Gasteiger partial charge in [0, 0.05) is 71.2 Å². The highest BCUT2D eigenvalue weighted by atomic mass is 16.7. The second kappa shape index (κ2) is 22.4. The van der Waals surface area contributed by atoms with E-state index in [1.54, 1.807) is 35.2 Å². The van der Waals surface area contributed by atoms with Crippen molar-refractivity contribution in [2.45, 2.75) is 167 Å². The molecule has 14 heteroatoms. The molecule has 1 amide bonds. The first-order chi connectivity index (χ1) is 29.1. The van der Waals surface area contributed by atoms with Crippen LogP contribution in [0.15, 0.2) is 23.3 Å². The lowest BCUT2D eigenvalue weighted by Gasteiger charge is -2.47. The second-order valence-corrected chi connectivity index (χ2v) is 18.8. The fraction of sp³-hybridized carbons (Fsp3) is 0.830. The summed E-state index contributed by atoms with van der Waals surface area (Å²) in [5.41, 5.74) is 1.75. The summed E-state index contributed by atoms with van der Waals surface area (Å²) in [5.74, 6) is -7.23. The molecule has 0 spiro atoms. The Kier molecular flexibility index (Phi) is 18.1. The van der Waals surface area contributed by atoms with Gasteiger partial charge in [-0.2, -0.15) is 0 Å². The Morgan fingerprint density at radius 3 is 2.23 bits per heavy atom. The number of fused-ring (bicyclic) bond motifs is 3. The standard InChI is InChI=1S/C47H76N2O12/c1-10-34-22-28(2)21-29(3)23-40(57-8)43-41(58-9)25-31(5)47(55,61-43)44(52)45(53)49-16-12-11-13-36(49)46(54)60-42(32(6)37(50)27-38(34)51)30(4)24-33-14-15-35(39(26-33)56-7)48-17-19-59-20-18-48/h22,24,29,31-37,39-43,50,55H,10-21,23,25-27H2,1-9H3. The Balaban J connectivity index is 1.49. The fourth-order valence-electron chi connectivity index (χ4n) is 10.7. The Labute approximate surface area is 364 Å².